The van der Waals surface area contributed by atoms with E-state index in [1.165, 1.54) is 10.1 Å². The van der Waals surface area contributed by atoms with Gasteiger partial charge in [0.25, 0.3) is 5.91 Å². The van der Waals surface area contributed by atoms with Crippen LogP contribution in [-0.4, -0.2) is 16.8 Å². The van der Waals surface area contributed by atoms with Crippen LogP contribution in [0.4, 0.5) is 11.4 Å². The Morgan fingerprint density at radius 1 is 0.893 bits per heavy atom. The van der Waals surface area contributed by atoms with Crippen molar-refractivity contribution < 1.29 is 10.0 Å². The molecule has 1 N–H and O–H groups in total. The Morgan fingerprint density at radius 2 is 1.43 bits per heavy atom. The molecule has 1 heterocycles. The quantitative estimate of drug-likeness (QED) is 0.664. The molecule has 0 spiro atoms. The summed E-state index contributed by atoms with van der Waals surface area (Å²) in [5.74, 6) is -0.764. The highest BCUT2D eigenvalue weighted by Gasteiger charge is 2.43. The lowest BCUT2D eigenvalue weighted by atomic mass is 9.88. The summed E-state index contributed by atoms with van der Waals surface area (Å²) < 4.78 is 0. The standard InChI is InChI=1S/C23H21N3O2/c1-17-21(23(27)25(24-17)19-13-7-3-8-14-19)22(18-11-5-2-6-12-18)26(28)20-15-9-4-10-16-20/h2-16,21-22,28H,1H3/t21-,22+/m1/s1. The smallest absolute Gasteiger partial charge is 0.258 e. The van der Waals surface area contributed by atoms with E-state index in [9.17, 15) is 10.0 Å². The van der Waals surface area contributed by atoms with Crippen LogP contribution in [0.3, 0.4) is 0 Å². The number of hydrazone groups is 1. The van der Waals surface area contributed by atoms with Gasteiger partial charge in [0.2, 0.25) is 0 Å². The number of carbonyl (C=O) groups excluding carboxylic acids is 1. The first kappa shape index (κ1) is 17.9. The molecule has 28 heavy (non-hydrogen) atoms. The molecule has 1 aliphatic heterocycles. The van der Waals surface area contributed by atoms with Crippen molar-refractivity contribution in [1.29, 1.82) is 0 Å². The highest BCUT2D eigenvalue weighted by molar-refractivity contribution is 6.15. The van der Waals surface area contributed by atoms with Crippen LogP contribution in [0.25, 0.3) is 0 Å². The summed E-state index contributed by atoms with van der Waals surface area (Å²) in [5, 5.41) is 18.2. The second kappa shape index (κ2) is 7.66. The summed E-state index contributed by atoms with van der Waals surface area (Å²) in [6.07, 6.45) is 0. The van der Waals surface area contributed by atoms with Crippen molar-refractivity contribution in [1.82, 2.24) is 0 Å². The zero-order valence-corrected chi connectivity index (χ0v) is 15.5. The van der Waals surface area contributed by atoms with Crippen molar-refractivity contribution in [2.45, 2.75) is 13.0 Å². The lowest BCUT2D eigenvalue weighted by Gasteiger charge is -2.32. The van der Waals surface area contributed by atoms with Gasteiger partial charge in [0.05, 0.1) is 23.1 Å². The Labute approximate surface area is 164 Å². The zero-order valence-electron chi connectivity index (χ0n) is 15.5. The van der Waals surface area contributed by atoms with Crippen LogP contribution in [0.15, 0.2) is 96.1 Å². The largest absolute Gasteiger partial charge is 0.288 e. The van der Waals surface area contributed by atoms with Crippen LogP contribution >= 0.6 is 0 Å². The highest BCUT2D eigenvalue weighted by atomic mass is 16.5. The summed E-state index contributed by atoms with van der Waals surface area (Å²) in [4.78, 5) is 13.3. The third kappa shape index (κ3) is 3.28. The number of hydroxylamine groups is 1. The van der Waals surface area contributed by atoms with Crippen LogP contribution in [-0.2, 0) is 4.79 Å². The third-order valence-electron chi connectivity index (χ3n) is 4.92. The average molecular weight is 371 g/mol. The summed E-state index contributed by atoms with van der Waals surface area (Å²) in [5.41, 5.74) is 2.84. The molecular formula is C23H21N3O2. The molecule has 0 fully saturated rings. The number of nitrogens with zero attached hydrogens (tertiary/aromatic N) is 3. The normalized spacial score (nSPS) is 17.4. The fraction of sp³-hybridized carbons (Fsp3) is 0.130. The van der Waals surface area contributed by atoms with Crippen LogP contribution in [0.5, 0.6) is 0 Å². The predicted octanol–water partition coefficient (Wildman–Crippen LogP) is 4.66. The molecule has 3 aromatic rings. The van der Waals surface area contributed by atoms with Crippen molar-refractivity contribution in [2.75, 3.05) is 10.1 Å². The average Bonchev–Trinajstić information content (AvgIpc) is 3.05. The minimum absolute atomic E-state index is 0.160. The molecule has 1 amide bonds. The summed E-state index contributed by atoms with van der Waals surface area (Å²) in [6.45, 7) is 1.83. The number of anilines is 2. The Balaban J connectivity index is 1.75. The van der Waals surface area contributed by atoms with E-state index < -0.39 is 12.0 Å². The van der Waals surface area contributed by atoms with Crippen LogP contribution < -0.4 is 10.1 Å². The van der Waals surface area contributed by atoms with Crippen LogP contribution in [0, 0.1) is 5.92 Å². The maximum absolute atomic E-state index is 13.3. The van der Waals surface area contributed by atoms with Gasteiger partial charge in [-0.1, -0.05) is 66.7 Å². The summed E-state index contributed by atoms with van der Waals surface area (Å²) in [6, 6.07) is 27.5. The minimum Gasteiger partial charge on any atom is -0.288 e. The fourth-order valence-corrected chi connectivity index (χ4v) is 3.56. The van der Waals surface area contributed by atoms with E-state index >= 15 is 0 Å². The number of amides is 1. The van der Waals surface area contributed by atoms with E-state index in [0.29, 0.717) is 17.1 Å². The Hall–Kier alpha value is -3.44. The van der Waals surface area contributed by atoms with Crippen LogP contribution in [0.2, 0.25) is 0 Å². The second-order valence-electron chi connectivity index (χ2n) is 6.74. The lowest BCUT2D eigenvalue weighted by Crippen LogP contribution is -2.39. The van der Waals surface area contributed by atoms with E-state index in [4.69, 9.17) is 0 Å². The Kier molecular flexibility index (Phi) is 4.91. The van der Waals surface area contributed by atoms with Gasteiger partial charge in [0.15, 0.2) is 0 Å². The molecule has 5 nitrogen and oxygen atoms in total. The summed E-state index contributed by atoms with van der Waals surface area (Å²) in [7, 11) is 0. The Bertz CT molecular complexity index is 975. The molecule has 0 aromatic heterocycles. The van der Waals surface area contributed by atoms with E-state index in [1.807, 2.05) is 97.9 Å². The van der Waals surface area contributed by atoms with Crippen molar-refractivity contribution in [2.24, 2.45) is 11.0 Å². The highest BCUT2D eigenvalue weighted by Crippen LogP contribution is 2.37. The molecule has 0 unspecified atom stereocenters. The van der Waals surface area contributed by atoms with Crippen molar-refractivity contribution in [3.05, 3.63) is 96.6 Å². The molecule has 5 heteroatoms. The summed E-state index contributed by atoms with van der Waals surface area (Å²) >= 11 is 0. The number of rotatable bonds is 5. The topological polar surface area (TPSA) is 56.1 Å². The van der Waals surface area contributed by atoms with E-state index in [2.05, 4.69) is 5.10 Å². The maximum Gasteiger partial charge on any atom is 0.258 e. The number of para-hydroxylation sites is 2. The van der Waals surface area contributed by atoms with Crippen molar-refractivity contribution >= 4 is 23.0 Å². The van der Waals surface area contributed by atoms with E-state index in [-0.39, 0.29) is 5.91 Å². The number of hydrogen-bond acceptors (Lipinski definition) is 4. The zero-order chi connectivity index (χ0) is 19.5. The molecule has 3 aromatic carbocycles. The molecule has 2 atom stereocenters. The van der Waals surface area contributed by atoms with Gasteiger partial charge in [0.1, 0.15) is 5.92 Å². The van der Waals surface area contributed by atoms with Gasteiger partial charge in [-0.05, 0) is 36.8 Å². The van der Waals surface area contributed by atoms with Gasteiger partial charge in [-0.25, -0.2) is 10.1 Å². The molecule has 0 radical (unpaired) electrons. The third-order valence-corrected chi connectivity index (χ3v) is 4.92. The second-order valence-corrected chi connectivity index (χ2v) is 6.74. The molecule has 140 valence electrons. The molecule has 0 aliphatic carbocycles. The minimum atomic E-state index is -0.604. The first-order chi connectivity index (χ1) is 13.7. The molecule has 1 aliphatic rings. The SMILES string of the molecule is CC1=NN(c2ccccc2)C(=O)[C@H]1[C@H](c1ccccc1)N(O)c1ccccc1. The number of hydrogen-bond donors (Lipinski definition) is 1. The predicted molar refractivity (Wildman–Crippen MR) is 110 cm³/mol. The molecule has 4 rings (SSSR count). The van der Waals surface area contributed by atoms with Crippen LogP contribution in [0.1, 0.15) is 18.5 Å². The van der Waals surface area contributed by atoms with Crippen molar-refractivity contribution in [3.8, 4) is 0 Å². The van der Waals surface area contributed by atoms with Crippen molar-refractivity contribution in [3.63, 3.8) is 0 Å². The molecule has 0 saturated carbocycles. The first-order valence-corrected chi connectivity index (χ1v) is 9.19. The first-order valence-electron chi connectivity index (χ1n) is 9.19. The molecule has 0 saturated heterocycles. The van der Waals surface area contributed by atoms with E-state index in [0.717, 1.165) is 5.56 Å². The van der Waals surface area contributed by atoms with Gasteiger partial charge in [-0.15, -0.1) is 0 Å². The fourth-order valence-electron chi connectivity index (χ4n) is 3.56. The molecular weight excluding hydrogens is 350 g/mol. The maximum atomic E-state index is 13.3. The molecule has 0 bridgehead atoms. The van der Waals surface area contributed by atoms with Gasteiger partial charge in [-0.3, -0.25) is 10.0 Å². The van der Waals surface area contributed by atoms with Gasteiger partial charge < -0.3 is 0 Å². The number of carbonyl (C=O) groups is 1. The van der Waals surface area contributed by atoms with Gasteiger partial charge >= 0.3 is 0 Å². The lowest BCUT2D eigenvalue weighted by molar-refractivity contribution is -0.120. The van der Waals surface area contributed by atoms with E-state index in [1.54, 1.807) is 0 Å². The number of benzene rings is 3. The van der Waals surface area contributed by atoms with Gasteiger partial charge in [0, 0.05) is 0 Å². The monoisotopic (exact) mass is 371 g/mol. The Morgan fingerprint density at radius 3 is 2.04 bits per heavy atom. The van der Waals surface area contributed by atoms with Gasteiger partial charge in [-0.2, -0.15) is 5.10 Å².